The smallest absolute Gasteiger partial charge is 0.410 e. The summed E-state index contributed by atoms with van der Waals surface area (Å²) in [5.74, 6) is 0.630. The fourth-order valence-electron chi connectivity index (χ4n) is 5.13. The van der Waals surface area contributed by atoms with Gasteiger partial charge in [0.25, 0.3) is 0 Å². The Hall–Kier alpha value is -1.81. The first-order chi connectivity index (χ1) is 18.0. The molecule has 2 amide bonds. The van der Waals surface area contributed by atoms with Gasteiger partial charge in [0, 0.05) is 38.3 Å². The highest BCUT2D eigenvalue weighted by atomic mass is 32.1. The molecule has 9 heteroatoms. The molecule has 1 spiro atoms. The lowest BCUT2D eigenvalue weighted by Gasteiger charge is -2.39. The Morgan fingerprint density at radius 3 is 2.68 bits per heavy atom. The van der Waals surface area contributed by atoms with Crippen molar-refractivity contribution in [3.05, 3.63) is 36.0 Å². The molecule has 38 heavy (non-hydrogen) atoms. The Morgan fingerprint density at radius 1 is 1.26 bits per heavy atom. The van der Waals surface area contributed by atoms with Crippen LogP contribution in [0.3, 0.4) is 0 Å². The number of nitrogens with zero attached hydrogens (tertiary/aromatic N) is 1. The molecule has 3 aliphatic heterocycles. The molecule has 8 nitrogen and oxygen atoms in total. The van der Waals surface area contributed by atoms with Crippen LogP contribution < -0.4 is 5.32 Å². The minimum atomic E-state index is -0.514. The van der Waals surface area contributed by atoms with Crippen molar-refractivity contribution in [1.29, 1.82) is 0 Å². The minimum absolute atomic E-state index is 0.0438. The van der Waals surface area contributed by atoms with E-state index in [1.54, 1.807) is 20.0 Å². The van der Waals surface area contributed by atoms with Crippen molar-refractivity contribution in [1.82, 2.24) is 10.2 Å². The number of ether oxygens (including phenoxy) is 4. The zero-order valence-corrected chi connectivity index (χ0v) is 24.6. The number of nitrogens with one attached hydrogen (secondary N) is 1. The molecule has 3 saturated heterocycles. The van der Waals surface area contributed by atoms with E-state index >= 15 is 0 Å². The van der Waals surface area contributed by atoms with E-state index in [0.29, 0.717) is 24.3 Å². The van der Waals surface area contributed by atoms with Crippen LogP contribution in [0, 0.1) is 5.92 Å². The molecule has 3 heterocycles. The highest BCUT2D eigenvalue weighted by Crippen LogP contribution is 2.46. The summed E-state index contributed by atoms with van der Waals surface area (Å²) < 4.78 is 23.3. The number of hydrogen-bond acceptors (Lipinski definition) is 7. The number of carbonyl (C=O) groups excluding carboxylic acids is 2. The zero-order chi connectivity index (χ0) is 27.9. The molecule has 1 unspecified atom stereocenters. The SMILES string of the molecule is CC(/C=C/[C@@H]1C[C@]2(CCO1)OC2C)=C\C[C@@H]1O[C@H](C)[C@H](NC(=O)/C=C\[C@H](C)OC(=O)N(C)CCS)C[C@@H]1C. The lowest BCUT2D eigenvalue weighted by molar-refractivity contribution is -0.123. The van der Waals surface area contributed by atoms with E-state index in [9.17, 15) is 9.59 Å². The monoisotopic (exact) mass is 550 g/mol. The second-order valence-electron chi connectivity index (χ2n) is 11.0. The third kappa shape index (κ3) is 8.86. The summed E-state index contributed by atoms with van der Waals surface area (Å²) in [6, 6.07) is -0.0782. The van der Waals surface area contributed by atoms with E-state index in [1.807, 2.05) is 6.92 Å². The number of amides is 2. The van der Waals surface area contributed by atoms with Crippen LogP contribution in [0.2, 0.25) is 0 Å². The highest BCUT2D eigenvalue weighted by Gasteiger charge is 2.55. The normalized spacial score (nSPS) is 34.4. The average molecular weight is 551 g/mol. The topological polar surface area (TPSA) is 89.6 Å². The number of carbonyl (C=O) groups is 2. The molecule has 0 radical (unpaired) electrons. The number of rotatable bonds is 10. The Labute approximate surface area is 233 Å². The van der Waals surface area contributed by atoms with Crippen molar-refractivity contribution in [3.8, 4) is 0 Å². The zero-order valence-electron chi connectivity index (χ0n) is 23.7. The molecule has 0 bridgehead atoms. The van der Waals surface area contributed by atoms with Gasteiger partial charge in [-0.25, -0.2) is 4.79 Å². The molecule has 0 aromatic rings. The molecule has 3 aliphatic rings. The van der Waals surface area contributed by atoms with Crippen LogP contribution in [-0.4, -0.2) is 85.0 Å². The van der Waals surface area contributed by atoms with Crippen molar-refractivity contribution >= 4 is 24.6 Å². The average Bonchev–Trinajstić information content (AvgIpc) is 3.49. The van der Waals surface area contributed by atoms with E-state index in [4.69, 9.17) is 18.9 Å². The maximum absolute atomic E-state index is 12.5. The summed E-state index contributed by atoms with van der Waals surface area (Å²) in [5, 5.41) is 3.05. The van der Waals surface area contributed by atoms with E-state index in [-0.39, 0.29) is 35.9 Å². The van der Waals surface area contributed by atoms with Crippen molar-refractivity contribution < 1.29 is 28.5 Å². The van der Waals surface area contributed by atoms with Gasteiger partial charge < -0.3 is 29.2 Å². The van der Waals surface area contributed by atoms with Crippen LogP contribution in [-0.2, 0) is 23.7 Å². The summed E-state index contributed by atoms with van der Waals surface area (Å²) in [6.45, 7) is 11.4. The lowest BCUT2D eigenvalue weighted by atomic mass is 9.88. The molecule has 214 valence electrons. The van der Waals surface area contributed by atoms with Gasteiger partial charge in [-0.2, -0.15) is 12.6 Å². The van der Waals surface area contributed by atoms with Crippen molar-refractivity contribution in [3.63, 3.8) is 0 Å². The van der Waals surface area contributed by atoms with Gasteiger partial charge >= 0.3 is 6.09 Å². The second-order valence-corrected chi connectivity index (χ2v) is 11.5. The van der Waals surface area contributed by atoms with Crippen LogP contribution in [0.4, 0.5) is 4.79 Å². The third-order valence-electron chi connectivity index (χ3n) is 7.84. The fraction of sp³-hybridized carbons (Fsp3) is 0.724. The summed E-state index contributed by atoms with van der Waals surface area (Å²) >= 11 is 4.11. The van der Waals surface area contributed by atoms with Gasteiger partial charge in [0.15, 0.2) is 0 Å². The minimum Gasteiger partial charge on any atom is -0.442 e. The van der Waals surface area contributed by atoms with Crippen LogP contribution in [0.5, 0.6) is 0 Å². The summed E-state index contributed by atoms with van der Waals surface area (Å²) in [7, 11) is 1.65. The van der Waals surface area contributed by atoms with E-state index in [1.165, 1.54) is 16.5 Å². The van der Waals surface area contributed by atoms with Gasteiger partial charge in [-0.1, -0.05) is 30.7 Å². The first-order valence-corrected chi connectivity index (χ1v) is 14.5. The van der Waals surface area contributed by atoms with Gasteiger partial charge in [0.2, 0.25) is 5.91 Å². The van der Waals surface area contributed by atoms with Crippen molar-refractivity contribution in [2.24, 2.45) is 5.92 Å². The maximum atomic E-state index is 12.5. The Balaban J connectivity index is 1.41. The number of hydrogen-bond donors (Lipinski definition) is 2. The van der Waals surface area contributed by atoms with Crippen molar-refractivity contribution in [2.75, 3.05) is 26.0 Å². The molecule has 3 rings (SSSR count). The van der Waals surface area contributed by atoms with Gasteiger partial charge in [0.05, 0.1) is 42.7 Å². The highest BCUT2D eigenvalue weighted by molar-refractivity contribution is 7.80. The Kier molecular flexibility index (Phi) is 11.3. The maximum Gasteiger partial charge on any atom is 0.410 e. The molecule has 1 N–H and O–H groups in total. The van der Waals surface area contributed by atoms with Crippen LogP contribution in [0.1, 0.15) is 60.3 Å². The number of thiol groups is 1. The van der Waals surface area contributed by atoms with E-state index in [0.717, 1.165) is 32.3 Å². The van der Waals surface area contributed by atoms with Gasteiger partial charge in [-0.3, -0.25) is 4.79 Å². The van der Waals surface area contributed by atoms with Gasteiger partial charge in [-0.15, -0.1) is 0 Å². The Morgan fingerprint density at radius 2 is 2.00 bits per heavy atom. The van der Waals surface area contributed by atoms with Gasteiger partial charge in [0.1, 0.15) is 6.10 Å². The Bertz CT molecular complexity index is 907. The molecule has 8 atom stereocenters. The fourth-order valence-corrected chi connectivity index (χ4v) is 5.43. The predicted molar refractivity (Wildman–Crippen MR) is 151 cm³/mol. The standard InChI is InChI=1S/C29H46N2O6S/c1-19(7-10-24-18-29(13-15-34-24)23(5)37-29)8-11-26-20(2)17-25(22(4)36-26)30-27(32)12-9-21(3)35-28(33)31(6)14-16-38/h7-10,12,20-26,38H,11,13-18H2,1-6H3,(H,30,32)/b10-7+,12-9-,19-8+/t20-,21-,22+,23?,24+,25+,26-,29-/m0/s1. The van der Waals surface area contributed by atoms with Crippen LogP contribution in [0.15, 0.2) is 36.0 Å². The predicted octanol–water partition coefficient (Wildman–Crippen LogP) is 4.46. The third-order valence-corrected chi connectivity index (χ3v) is 8.04. The second kappa shape index (κ2) is 14.0. The first-order valence-electron chi connectivity index (χ1n) is 13.8. The van der Waals surface area contributed by atoms with E-state index in [2.05, 4.69) is 56.9 Å². The summed E-state index contributed by atoms with van der Waals surface area (Å²) in [5.41, 5.74) is 1.23. The van der Waals surface area contributed by atoms with Crippen LogP contribution in [0.25, 0.3) is 0 Å². The summed E-state index contributed by atoms with van der Waals surface area (Å²) in [4.78, 5) is 25.9. The van der Waals surface area contributed by atoms with E-state index < -0.39 is 12.2 Å². The van der Waals surface area contributed by atoms with Gasteiger partial charge in [-0.05, 0) is 52.5 Å². The molecule has 0 aromatic heterocycles. The van der Waals surface area contributed by atoms with Crippen LogP contribution >= 0.6 is 12.6 Å². The quantitative estimate of drug-likeness (QED) is 0.181. The molecule has 3 fully saturated rings. The molecule has 0 aliphatic carbocycles. The molecule has 0 saturated carbocycles. The molecular weight excluding hydrogens is 504 g/mol. The molecule has 0 aromatic carbocycles. The first kappa shape index (κ1) is 30.7. The molecular formula is C29H46N2O6S. The lowest BCUT2D eigenvalue weighted by Crippen LogP contribution is -2.50. The number of allylic oxidation sites excluding steroid dienone is 2. The largest absolute Gasteiger partial charge is 0.442 e. The summed E-state index contributed by atoms with van der Waals surface area (Å²) in [6.07, 6.45) is 12.6. The number of epoxide rings is 1. The van der Waals surface area contributed by atoms with Crippen molar-refractivity contribution in [2.45, 2.75) is 102 Å².